The van der Waals surface area contributed by atoms with Crippen molar-refractivity contribution in [3.05, 3.63) is 0 Å². The number of rotatable bonds is 7. The van der Waals surface area contributed by atoms with Crippen LogP contribution in [0.3, 0.4) is 0 Å². The molecule has 1 saturated carbocycles. The van der Waals surface area contributed by atoms with Crippen LogP contribution < -0.4 is 0 Å². The lowest BCUT2D eigenvalue weighted by molar-refractivity contribution is -0.138. The van der Waals surface area contributed by atoms with E-state index in [1.807, 2.05) is 11.8 Å². The second kappa shape index (κ2) is 6.37. The Labute approximate surface area is 113 Å². The van der Waals surface area contributed by atoms with E-state index in [0.29, 0.717) is 18.4 Å². The molecule has 5 heteroatoms. The molecule has 0 aromatic carbocycles. The fourth-order valence-electron chi connectivity index (χ4n) is 2.63. The number of hydrogen-bond donors (Lipinski definition) is 1. The van der Waals surface area contributed by atoms with E-state index in [4.69, 9.17) is 9.84 Å². The van der Waals surface area contributed by atoms with Gasteiger partial charge in [-0.2, -0.15) is 0 Å². The maximum absolute atomic E-state index is 12.3. The summed E-state index contributed by atoms with van der Waals surface area (Å²) in [6.45, 7) is 4.16. The number of ether oxygens (including phenoxy) is 1. The number of carboxylic acid groups (broad SMARTS) is 1. The molecule has 0 spiro atoms. The molecule has 2 unspecified atom stereocenters. The molecule has 1 N–H and O–H groups in total. The van der Waals surface area contributed by atoms with E-state index >= 15 is 0 Å². The smallest absolute Gasteiger partial charge is 0.303 e. The van der Waals surface area contributed by atoms with Crippen molar-refractivity contribution in [2.75, 3.05) is 19.8 Å². The first-order chi connectivity index (χ1) is 9.06. The van der Waals surface area contributed by atoms with Crippen LogP contribution >= 0.6 is 0 Å². The van der Waals surface area contributed by atoms with Crippen molar-refractivity contribution < 1.29 is 19.4 Å². The summed E-state index contributed by atoms with van der Waals surface area (Å²) >= 11 is 0. The van der Waals surface area contributed by atoms with Crippen molar-refractivity contribution in [3.8, 4) is 0 Å². The molecule has 1 aliphatic heterocycles. The van der Waals surface area contributed by atoms with Crippen molar-refractivity contribution >= 4 is 11.9 Å². The normalized spacial score (nSPS) is 24.2. The number of carboxylic acids is 1. The summed E-state index contributed by atoms with van der Waals surface area (Å²) in [6.07, 6.45) is 3.62. The average Bonchev–Trinajstić information content (AvgIpc) is 3.02. The van der Waals surface area contributed by atoms with E-state index in [2.05, 4.69) is 0 Å². The van der Waals surface area contributed by atoms with Gasteiger partial charge in [0.25, 0.3) is 0 Å². The minimum absolute atomic E-state index is 0.0663. The highest BCUT2D eigenvalue weighted by atomic mass is 16.5. The molecule has 108 valence electrons. The Balaban J connectivity index is 1.83. The molecule has 0 radical (unpaired) electrons. The Kier molecular flexibility index (Phi) is 4.80. The van der Waals surface area contributed by atoms with E-state index in [-0.39, 0.29) is 18.2 Å². The van der Waals surface area contributed by atoms with Gasteiger partial charge in [-0.25, -0.2) is 0 Å². The summed E-state index contributed by atoms with van der Waals surface area (Å²) < 4.78 is 5.36. The third-order valence-electron chi connectivity index (χ3n) is 3.83. The van der Waals surface area contributed by atoms with Crippen LogP contribution in [0.2, 0.25) is 0 Å². The van der Waals surface area contributed by atoms with Crippen LogP contribution in [0.15, 0.2) is 0 Å². The van der Waals surface area contributed by atoms with Gasteiger partial charge in [0, 0.05) is 38.0 Å². The predicted octanol–water partition coefficient (Wildman–Crippen LogP) is 1.51. The third kappa shape index (κ3) is 4.49. The predicted molar refractivity (Wildman–Crippen MR) is 69.7 cm³/mol. The maximum Gasteiger partial charge on any atom is 0.303 e. The van der Waals surface area contributed by atoms with Gasteiger partial charge in [0.1, 0.15) is 0 Å². The van der Waals surface area contributed by atoms with Gasteiger partial charge in [-0.3, -0.25) is 9.59 Å². The van der Waals surface area contributed by atoms with Crippen LogP contribution in [-0.4, -0.2) is 47.7 Å². The topological polar surface area (TPSA) is 66.8 Å². The minimum Gasteiger partial charge on any atom is -0.481 e. The molecular weight excluding hydrogens is 246 g/mol. The van der Waals surface area contributed by atoms with Gasteiger partial charge in [0.15, 0.2) is 0 Å². The number of amides is 1. The average molecular weight is 269 g/mol. The molecule has 1 amide bonds. The lowest BCUT2D eigenvalue weighted by Crippen LogP contribution is -2.38. The van der Waals surface area contributed by atoms with Crippen molar-refractivity contribution in [1.29, 1.82) is 0 Å². The zero-order chi connectivity index (χ0) is 13.8. The Bertz CT molecular complexity index is 334. The van der Waals surface area contributed by atoms with Crippen LogP contribution in [0.4, 0.5) is 0 Å². The Morgan fingerprint density at radius 1 is 1.32 bits per heavy atom. The van der Waals surface area contributed by atoms with Crippen LogP contribution in [0.5, 0.6) is 0 Å². The number of nitrogens with zero attached hydrogens (tertiary/aromatic N) is 1. The zero-order valence-electron chi connectivity index (χ0n) is 11.5. The first-order valence-electron chi connectivity index (χ1n) is 7.15. The highest BCUT2D eigenvalue weighted by Gasteiger charge is 2.35. The van der Waals surface area contributed by atoms with Crippen molar-refractivity contribution in [3.63, 3.8) is 0 Å². The quantitative estimate of drug-likeness (QED) is 0.761. The fraction of sp³-hybridized carbons (Fsp3) is 0.857. The molecule has 2 atom stereocenters. The molecule has 19 heavy (non-hydrogen) atoms. The molecule has 2 rings (SSSR count). The summed E-state index contributed by atoms with van der Waals surface area (Å²) in [4.78, 5) is 24.9. The van der Waals surface area contributed by atoms with Crippen LogP contribution in [0.1, 0.15) is 39.0 Å². The van der Waals surface area contributed by atoms with Crippen molar-refractivity contribution in [1.82, 2.24) is 4.90 Å². The molecule has 5 nitrogen and oxygen atoms in total. The number of carbonyl (C=O) groups excluding carboxylic acids is 1. The van der Waals surface area contributed by atoms with Crippen LogP contribution in [-0.2, 0) is 14.3 Å². The van der Waals surface area contributed by atoms with Gasteiger partial charge < -0.3 is 14.7 Å². The fourth-order valence-corrected chi connectivity index (χ4v) is 2.63. The number of carbonyl (C=O) groups is 2. The summed E-state index contributed by atoms with van der Waals surface area (Å²) in [6, 6.07) is 0.394. The SMILES string of the molecule is CC(CC(=O)O)CC(=O)N(CC1CCOC1)C1CC1. The lowest BCUT2D eigenvalue weighted by atomic mass is 10.0. The number of aliphatic carboxylic acids is 1. The van der Waals surface area contributed by atoms with Crippen molar-refractivity contribution in [2.24, 2.45) is 11.8 Å². The van der Waals surface area contributed by atoms with Crippen LogP contribution in [0, 0.1) is 11.8 Å². The molecule has 0 aromatic rings. The van der Waals surface area contributed by atoms with Gasteiger partial charge in [-0.1, -0.05) is 6.92 Å². The summed E-state index contributed by atoms with van der Waals surface area (Å²) in [5.41, 5.74) is 0. The molecular formula is C14H23NO4. The highest BCUT2D eigenvalue weighted by molar-refractivity contribution is 5.78. The highest BCUT2D eigenvalue weighted by Crippen LogP contribution is 2.30. The van der Waals surface area contributed by atoms with Gasteiger partial charge >= 0.3 is 5.97 Å². The second-order valence-corrected chi connectivity index (χ2v) is 5.91. The minimum atomic E-state index is -0.831. The Morgan fingerprint density at radius 3 is 2.58 bits per heavy atom. The third-order valence-corrected chi connectivity index (χ3v) is 3.83. The zero-order valence-corrected chi connectivity index (χ0v) is 11.5. The van der Waals surface area contributed by atoms with Crippen LogP contribution in [0.25, 0.3) is 0 Å². The number of hydrogen-bond acceptors (Lipinski definition) is 3. The van der Waals surface area contributed by atoms with E-state index in [1.165, 1.54) is 0 Å². The first kappa shape index (κ1) is 14.3. The maximum atomic E-state index is 12.3. The molecule has 2 aliphatic rings. The van der Waals surface area contributed by atoms with E-state index in [1.54, 1.807) is 0 Å². The van der Waals surface area contributed by atoms with E-state index in [9.17, 15) is 9.59 Å². The van der Waals surface area contributed by atoms with E-state index < -0.39 is 5.97 Å². The van der Waals surface area contributed by atoms with Gasteiger partial charge in [-0.15, -0.1) is 0 Å². The molecule has 1 saturated heterocycles. The second-order valence-electron chi connectivity index (χ2n) is 5.91. The first-order valence-corrected chi connectivity index (χ1v) is 7.15. The largest absolute Gasteiger partial charge is 0.481 e. The lowest BCUT2D eigenvalue weighted by Gasteiger charge is -2.26. The summed E-state index contributed by atoms with van der Waals surface area (Å²) in [7, 11) is 0. The van der Waals surface area contributed by atoms with Gasteiger partial charge in [-0.05, 0) is 25.2 Å². The molecule has 1 aliphatic carbocycles. The van der Waals surface area contributed by atoms with E-state index in [0.717, 1.165) is 39.0 Å². The van der Waals surface area contributed by atoms with Crippen molar-refractivity contribution in [2.45, 2.75) is 45.1 Å². The van der Waals surface area contributed by atoms with Gasteiger partial charge in [0.05, 0.1) is 6.61 Å². The monoisotopic (exact) mass is 269 g/mol. The molecule has 1 heterocycles. The molecule has 0 aromatic heterocycles. The Morgan fingerprint density at radius 2 is 2.05 bits per heavy atom. The summed E-state index contributed by atoms with van der Waals surface area (Å²) in [5, 5.41) is 8.75. The molecule has 0 bridgehead atoms. The Hall–Kier alpha value is -1.10. The standard InChI is InChI=1S/C14H23NO4/c1-10(7-14(17)18)6-13(16)15(12-2-3-12)8-11-4-5-19-9-11/h10-12H,2-9H2,1H3,(H,17,18). The molecule has 2 fully saturated rings. The van der Waals surface area contributed by atoms with Gasteiger partial charge in [0.2, 0.25) is 5.91 Å². The summed E-state index contributed by atoms with van der Waals surface area (Å²) in [5.74, 6) is -0.351.